The highest BCUT2D eigenvalue weighted by atomic mass is 32.2. The molecule has 1 aromatic rings. The van der Waals surface area contributed by atoms with Gasteiger partial charge in [0.15, 0.2) is 0 Å². The van der Waals surface area contributed by atoms with Crippen LogP contribution in [0.5, 0.6) is 5.75 Å². The molecule has 0 heterocycles. The van der Waals surface area contributed by atoms with E-state index in [0.29, 0.717) is 5.75 Å². The molecule has 0 amide bonds. The van der Waals surface area contributed by atoms with Gasteiger partial charge in [0, 0.05) is 4.90 Å². The Labute approximate surface area is 141 Å². The summed E-state index contributed by atoms with van der Waals surface area (Å²) in [4.78, 5) is 1.02. The minimum absolute atomic E-state index is 0.423. The van der Waals surface area contributed by atoms with E-state index in [0.717, 1.165) is 10.6 Å². The van der Waals surface area contributed by atoms with Crippen LogP contribution in [0.4, 0.5) is 0 Å². The number of hydrogen-bond donors (Lipinski definition) is 1. The second kappa shape index (κ2) is 14.0. The van der Waals surface area contributed by atoms with Crippen LogP contribution in [0.3, 0.4) is 0 Å². The van der Waals surface area contributed by atoms with E-state index in [1.165, 1.54) is 77.0 Å². The normalized spacial score (nSPS) is 11.0. The van der Waals surface area contributed by atoms with Gasteiger partial charge >= 0.3 is 0 Å². The zero-order chi connectivity index (χ0) is 15.9. The molecular weight excluding hydrogens is 288 g/mol. The fourth-order valence-electron chi connectivity index (χ4n) is 2.70. The molecule has 0 aromatic heterocycles. The first kappa shape index (κ1) is 19.4. The van der Waals surface area contributed by atoms with Gasteiger partial charge in [0.05, 0.1) is 0 Å². The molecule has 0 aliphatic carbocycles. The Kier molecular flexibility index (Phi) is 12.4. The topological polar surface area (TPSA) is 20.2 Å². The van der Waals surface area contributed by atoms with Gasteiger partial charge in [-0.2, -0.15) is 0 Å². The maximum absolute atomic E-state index is 9.68. The number of rotatable bonds is 14. The zero-order valence-corrected chi connectivity index (χ0v) is 15.2. The minimum Gasteiger partial charge on any atom is -0.507 e. The Bertz CT molecular complexity index is 364. The molecule has 126 valence electrons. The van der Waals surface area contributed by atoms with Crippen LogP contribution in [-0.4, -0.2) is 10.9 Å². The first-order valence-corrected chi connectivity index (χ1v) is 10.2. The lowest BCUT2D eigenvalue weighted by Gasteiger charge is -2.04. The Morgan fingerprint density at radius 3 is 1.77 bits per heavy atom. The van der Waals surface area contributed by atoms with Crippen molar-refractivity contribution in [3.8, 4) is 5.75 Å². The molecular formula is C20H34OS. The van der Waals surface area contributed by atoms with E-state index in [1.807, 2.05) is 18.2 Å². The lowest BCUT2D eigenvalue weighted by atomic mass is 10.1. The monoisotopic (exact) mass is 322 g/mol. The van der Waals surface area contributed by atoms with Gasteiger partial charge < -0.3 is 5.11 Å². The third-order valence-corrected chi connectivity index (χ3v) is 5.27. The number of unbranched alkanes of at least 4 members (excludes halogenated alkanes) is 11. The molecule has 0 fully saturated rings. The van der Waals surface area contributed by atoms with Crippen molar-refractivity contribution in [2.24, 2.45) is 0 Å². The van der Waals surface area contributed by atoms with E-state index in [-0.39, 0.29) is 0 Å². The Morgan fingerprint density at radius 2 is 1.23 bits per heavy atom. The van der Waals surface area contributed by atoms with Gasteiger partial charge in [-0.3, -0.25) is 0 Å². The van der Waals surface area contributed by atoms with Gasteiger partial charge in [-0.05, 0) is 24.3 Å². The molecule has 0 atom stereocenters. The van der Waals surface area contributed by atoms with Crippen molar-refractivity contribution in [3.63, 3.8) is 0 Å². The maximum atomic E-state index is 9.68. The van der Waals surface area contributed by atoms with Crippen molar-refractivity contribution in [2.45, 2.75) is 88.9 Å². The van der Waals surface area contributed by atoms with Gasteiger partial charge in [-0.25, -0.2) is 0 Å². The summed E-state index contributed by atoms with van der Waals surface area (Å²) in [5.74, 6) is 1.54. The summed E-state index contributed by atoms with van der Waals surface area (Å²) in [6.45, 7) is 2.28. The predicted octanol–water partition coefficient (Wildman–Crippen LogP) is 7.19. The molecule has 0 saturated heterocycles. The molecule has 2 heteroatoms. The lowest BCUT2D eigenvalue weighted by molar-refractivity contribution is 0.462. The largest absolute Gasteiger partial charge is 0.507 e. The highest BCUT2D eigenvalue weighted by Crippen LogP contribution is 2.28. The number of para-hydroxylation sites is 1. The Hall–Kier alpha value is -0.630. The third kappa shape index (κ3) is 10.2. The summed E-state index contributed by atoms with van der Waals surface area (Å²) in [5, 5.41) is 9.68. The van der Waals surface area contributed by atoms with E-state index in [9.17, 15) is 5.11 Å². The fraction of sp³-hybridized carbons (Fsp3) is 0.700. The fourth-order valence-corrected chi connectivity index (χ4v) is 3.66. The zero-order valence-electron chi connectivity index (χ0n) is 14.4. The average molecular weight is 323 g/mol. The molecule has 22 heavy (non-hydrogen) atoms. The molecule has 0 radical (unpaired) electrons. The van der Waals surface area contributed by atoms with Crippen LogP contribution < -0.4 is 0 Å². The molecule has 0 spiro atoms. The first-order chi connectivity index (χ1) is 10.8. The minimum atomic E-state index is 0.423. The molecule has 1 aromatic carbocycles. The molecule has 0 bridgehead atoms. The quantitative estimate of drug-likeness (QED) is 0.289. The summed E-state index contributed by atoms with van der Waals surface area (Å²) in [7, 11) is 0. The summed E-state index contributed by atoms with van der Waals surface area (Å²) >= 11 is 1.78. The number of benzene rings is 1. The predicted molar refractivity (Wildman–Crippen MR) is 99.9 cm³/mol. The van der Waals surface area contributed by atoms with Crippen LogP contribution in [0, 0.1) is 0 Å². The van der Waals surface area contributed by atoms with Crippen LogP contribution in [0.25, 0.3) is 0 Å². The SMILES string of the molecule is CCCCCCCCCCCCCCSc1ccccc1O. The number of phenolic OH excluding ortho intramolecular Hbond substituents is 1. The van der Waals surface area contributed by atoms with Gasteiger partial charge in [-0.15, -0.1) is 11.8 Å². The maximum Gasteiger partial charge on any atom is 0.129 e. The van der Waals surface area contributed by atoms with Gasteiger partial charge in [0.1, 0.15) is 5.75 Å². The lowest BCUT2D eigenvalue weighted by Crippen LogP contribution is -1.84. The summed E-state index contributed by atoms with van der Waals surface area (Å²) < 4.78 is 0. The van der Waals surface area contributed by atoms with Crippen LogP contribution in [0.2, 0.25) is 0 Å². The second-order valence-corrected chi connectivity index (χ2v) is 7.34. The Balaban J connectivity index is 1.81. The second-order valence-electron chi connectivity index (χ2n) is 6.21. The summed E-state index contributed by atoms with van der Waals surface area (Å²) in [5.41, 5.74) is 0. The van der Waals surface area contributed by atoms with E-state index in [4.69, 9.17) is 0 Å². The van der Waals surface area contributed by atoms with Crippen molar-refractivity contribution in [3.05, 3.63) is 24.3 Å². The van der Waals surface area contributed by atoms with E-state index in [1.54, 1.807) is 17.8 Å². The molecule has 1 rings (SSSR count). The van der Waals surface area contributed by atoms with Gasteiger partial charge in [0.2, 0.25) is 0 Å². The van der Waals surface area contributed by atoms with E-state index >= 15 is 0 Å². The van der Waals surface area contributed by atoms with Crippen LogP contribution in [-0.2, 0) is 0 Å². The summed E-state index contributed by atoms with van der Waals surface area (Å²) in [6, 6.07) is 7.64. The summed E-state index contributed by atoms with van der Waals surface area (Å²) in [6.07, 6.45) is 16.7. The Morgan fingerprint density at radius 1 is 0.727 bits per heavy atom. The standard InChI is InChI=1S/C20H34OS/c1-2-3-4-5-6-7-8-9-10-11-12-15-18-22-20-17-14-13-16-19(20)21/h13-14,16-17,21H,2-12,15,18H2,1H3. The number of thioether (sulfide) groups is 1. The van der Waals surface area contributed by atoms with Crippen molar-refractivity contribution >= 4 is 11.8 Å². The molecule has 0 aliphatic heterocycles. The highest BCUT2D eigenvalue weighted by molar-refractivity contribution is 7.99. The highest BCUT2D eigenvalue weighted by Gasteiger charge is 1.99. The number of hydrogen-bond acceptors (Lipinski definition) is 2. The number of phenols is 1. The molecule has 1 N–H and O–H groups in total. The van der Waals surface area contributed by atoms with Crippen molar-refractivity contribution in [1.82, 2.24) is 0 Å². The van der Waals surface area contributed by atoms with Crippen LogP contribution in [0.1, 0.15) is 84.0 Å². The average Bonchev–Trinajstić information content (AvgIpc) is 2.53. The van der Waals surface area contributed by atoms with Crippen LogP contribution in [0.15, 0.2) is 29.2 Å². The molecule has 0 saturated carbocycles. The third-order valence-electron chi connectivity index (χ3n) is 4.12. The van der Waals surface area contributed by atoms with Crippen LogP contribution >= 0.6 is 11.8 Å². The molecule has 0 unspecified atom stereocenters. The molecule has 1 nitrogen and oxygen atoms in total. The first-order valence-electron chi connectivity index (χ1n) is 9.25. The smallest absolute Gasteiger partial charge is 0.129 e. The van der Waals surface area contributed by atoms with Crippen molar-refractivity contribution < 1.29 is 5.11 Å². The number of aromatic hydroxyl groups is 1. The van der Waals surface area contributed by atoms with Crippen molar-refractivity contribution in [1.29, 1.82) is 0 Å². The van der Waals surface area contributed by atoms with Crippen molar-refractivity contribution in [2.75, 3.05) is 5.75 Å². The van der Waals surface area contributed by atoms with E-state index in [2.05, 4.69) is 6.92 Å². The van der Waals surface area contributed by atoms with Gasteiger partial charge in [0.25, 0.3) is 0 Å². The van der Waals surface area contributed by atoms with Gasteiger partial charge in [-0.1, -0.05) is 89.7 Å². The molecule has 0 aliphatic rings. The van der Waals surface area contributed by atoms with E-state index < -0.39 is 0 Å².